The largest absolute Gasteiger partial charge is 0.492 e. The Morgan fingerprint density at radius 2 is 2.15 bits per heavy atom. The van der Waals surface area contributed by atoms with Gasteiger partial charge in [-0.1, -0.05) is 29.0 Å². The zero-order chi connectivity index (χ0) is 23.7. The van der Waals surface area contributed by atoms with Crippen molar-refractivity contribution in [3.8, 4) is 5.88 Å². The number of rotatable bonds is 8. The first-order valence-corrected chi connectivity index (χ1v) is 11.9. The van der Waals surface area contributed by atoms with E-state index in [1.165, 1.54) is 11.8 Å². The lowest BCUT2D eigenvalue weighted by atomic mass is 10.1. The predicted molar refractivity (Wildman–Crippen MR) is 128 cm³/mol. The fourth-order valence-corrected chi connectivity index (χ4v) is 4.97. The van der Waals surface area contributed by atoms with E-state index in [0.29, 0.717) is 26.6 Å². The summed E-state index contributed by atoms with van der Waals surface area (Å²) in [7, 11) is 0. The molecule has 10 nitrogen and oxygen atoms in total. The number of hydrogen-bond donors (Lipinski definition) is 7. The summed E-state index contributed by atoms with van der Waals surface area (Å²) in [6.45, 7) is 1.29. The fourth-order valence-electron chi connectivity index (χ4n) is 3.17. The molecule has 1 aromatic carbocycles. The highest BCUT2D eigenvalue weighted by molar-refractivity contribution is 7.18. The van der Waals surface area contributed by atoms with Gasteiger partial charge in [0.05, 0.1) is 23.5 Å². The van der Waals surface area contributed by atoms with Gasteiger partial charge in [0.2, 0.25) is 5.88 Å². The van der Waals surface area contributed by atoms with Crippen LogP contribution in [0.5, 0.6) is 5.88 Å². The zero-order valence-corrected chi connectivity index (χ0v) is 19.7. The van der Waals surface area contributed by atoms with Gasteiger partial charge in [-0.2, -0.15) is 4.37 Å². The van der Waals surface area contributed by atoms with Gasteiger partial charge in [-0.25, -0.2) is 4.98 Å². The number of anilines is 3. The van der Waals surface area contributed by atoms with Crippen molar-refractivity contribution in [3.05, 3.63) is 44.9 Å². The summed E-state index contributed by atoms with van der Waals surface area (Å²) in [4.78, 5) is 17.3. The molecule has 4 rings (SSSR count). The maximum Gasteiger partial charge on any atom is 0.267 e. The molecule has 2 aromatic heterocycles. The lowest BCUT2D eigenvalue weighted by molar-refractivity contribution is 0.0840. The van der Waals surface area contributed by atoms with Gasteiger partial charge in [0, 0.05) is 0 Å². The Morgan fingerprint density at radius 3 is 2.82 bits per heavy atom. The molecule has 0 bridgehead atoms. The van der Waals surface area contributed by atoms with Crippen molar-refractivity contribution in [3.63, 3.8) is 0 Å². The number of aliphatic hydroxyl groups excluding tert-OH is 2. The standard InChI is InChI=1S/C20H21ClN6O4S2/c1-8-4-10(9-2-3-9)5-11(21)15(8)25-17(30)12-6-23-20(32-12)26-19-14(18(31)27-33-19)16(22)24-13(29)7-28/h4-6,9,13,28-29H,2-3,7H2,1H3,(H2,22,24)(H,23,26)(H,25,30)(H,27,31). The van der Waals surface area contributed by atoms with Crippen LogP contribution in [-0.4, -0.2) is 49.3 Å². The summed E-state index contributed by atoms with van der Waals surface area (Å²) < 4.78 is 3.80. The predicted octanol–water partition coefficient (Wildman–Crippen LogP) is 3.37. The average molecular weight is 509 g/mol. The van der Waals surface area contributed by atoms with Gasteiger partial charge in [-0.3, -0.25) is 10.2 Å². The summed E-state index contributed by atoms with van der Waals surface area (Å²) in [6, 6.07) is 3.95. The molecule has 0 saturated heterocycles. The molecule has 0 spiro atoms. The quantitative estimate of drug-likeness (QED) is 0.138. The first kappa shape index (κ1) is 23.4. The Kier molecular flexibility index (Phi) is 6.81. The molecule has 1 aliphatic rings. The number of aryl methyl sites for hydroxylation is 1. The highest BCUT2D eigenvalue weighted by Crippen LogP contribution is 2.43. The number of amides is 1. The number of benzene rings is 1. The monoisotopic (exact) mass is 508 g/mol. The van der Waals surface area contributed by atoms with Crippen LogP contribution in [-0.2, 0) is 0 Å². The van der Waals surface area contributed by atoms with Crippen molar-refractivity contribution >= 4 is 62.0 Å². The molecule has 1 aliphatic carbocycles. The van der Waals surface area contributed by atoms with Gasteiger partial charge < -0.3 is 31.3 Å². The van der Waals surface area contributed by atoms with E-state index in [4.69, 9.17) is 22.1 Å². The van der Waals surface area contributed by atoms with Crippen LogP contribution in [0.15, 0.2) is 18.3 Å². The van der Waals surface area contributed by atoms with Crippen LogP contribution < -0.4 is 16.0 Å². The number of aromatic nitrogens is 2. The van der Waals surface area contributed by atoms with E-state index in [0.717, 1.165) is 41.3 Å². The van der Waals surface area contributed by atoms with Crippen LogP contribution in [0, 0.1) is 12.3 Å². The average Bonchev–Trinajstić information content (AvgIpc) is 3.42. The number of amidine groups is 1. The molecule has 0 aliphatic heterocycles. The molecule has 1 saturated carbocycles. The Labute approximate surface area is 202 Å². The number of nitrogens with zero attached hydrogens (tertiary/aromatic N) is 2. The normalized spacial score (nSPS) is 14.1. The van der Waals surface area contributed by atoms with Gasteiger partial charge in [0.15, 0.2) is 5.13 Å². The Balaban J connectivity index is 1.47. The number of halogens is 1. The lowest BCUT2D eigenvalue weighted by Gasteiger charge is -2.12. The Bertz CT molecular complexity index is 1190. The molecule has 1 amide bonds. The van der Waals surface area contributed by atoms with E-state index in [-0.39, 0.29) is 22.3 Å². The topological polar surface area (TPSA) is 163 Å². The van der Waals surface area contributed by atoms with Crippen molar-refractivity contribution in [2.45, 2.75) is 31.9 Å². The van der Waals surface area contributed by atoms with Crippen LogP contribution in [0.4, 0.5) is 15.8 Å². The Hall–Kier alpha value is -2.77. The van der Waals surface area contributed by atoms with Crippen molar-refractivity contribution < 1.29 is 20.1 Å². The minimum absolute atomic E-state index is 0.00635. The number of aromatic hydroxyl groups is 1. The molecule has 2 heterocycles. The second-order valence-corrected chi connectivity index (χ2v) is 9.72. The minimum Gasteiger partial charge on any atom is -0.492 e. The number of carbonyl (C=O) groups is 1. The highest BCUT2D eigenvalue weighted by atomic mass is 35.5. The lowest BCUT2D eigenvalue weighted by Crippen LogP contribution is -2.37. The number of thiazole rings is 1. The summed E-state index contributed by atoms with van der Waals surface area (Å²) in [5.74, 6) is -0.558. The molecule has 0 radical (unpaired) electrons. The highest BCUT2D eigenvalue weighted by Gasteiger charge is 2.25. The van der Waals surface area contributed by atoms with Gasteiger partial charge in [0.1, 0.15) is 27.5 Å². The molecule has 1 unspecified atom stereocenters. The SMILES string of the molecule is Cc1cc(C2CC2)cc(Cl)c1NC(=O)c1cnc(Nc2snc(O)c2C(=N)NC(O)CO)s1. The molecule has 7 N–H and O–H groups in total. The smallest absolute Gasteiger partial charge is 0.267 e. The van der Waals surface area contributed by atoms with Crippen LogP contribution in [0.1, 0.15) is 45.1 Å². The van der Waals surface area contributed by atoms with Crippen molar-refractivity contribution in [2.24, 2.45) is 0 Å². The van der Waals surface area contributed by atoms with Gasteiger partial charge in [0.25, 0.3) is 5.91 Å². The van der Waals surface area contributed by atoms with Crippen molar-refractivity contribution in [2.75, 3.05) is 17.2 Å². The fraction of sp³-hybridized carbons (Fsp3) is 0.300. The van der Waals surface area contributed by atoms with E-state index in [1.807, 2.05) is 19.1 Å². The molecular weight excluding hydrogens is 488 g/mol. The maximum atomic E-state index is 12.8. The first-order valence-electron chi connectivity index (χ1n) is 9.94. The maximum absolute atomic E-state index is 12.8. The van der Waals surface area contributed by atoms with Gasteiger partial charge in [-0.05, 0) is 54.4 Å². The summed E-state index contributed by atoms with van der Waals surface area (Å²) in [6.07, 6.45) is 2.36. The number of carbonyl (C=O) groups excluding carboxylic acids is 1. The van der Waals surface area contributed by atoms with Crippen molar-refractivity contribution in [1.29, 1.82) is 5.41 Å². The first-order chi connectivity index (χ1) is 15.8. The molecule has 1 fully saturated rings. The van der Waals surface area contributed by atoms with E-state index >= 15 is 0 Å². The van der Waals surface area contributed by atoms with Gasteiger partial charge >= 0.3 is 0 Å². The number of hydrogen-bond acceptors (Lipinski definition) is 10. The third-order valence-electron chi connectivity index (χ3n) is 4.95. The zero-order valence-electron chi connectivity index (χ0n) is 17.3. The molecule has 3 aromatic rings. The summed E-state index contributed by atoms with van der Waals surface area (Å²) >= 11 is 8.37. The summed E-state index contributed by atoms with van der Waals surface area (Å²) in [5.41, 5.74) is 2.65. The second kappa shape index (κ2) is 9.61. The molecular formula is C20H21ClN6O4S2. The third kappa shape index (κ3) is 5.25. The van der Waals surface area contributed by atoms with E-state index in [9.17, 15) is 15.0 Å². The molecule has 174 valence electrons. The molecule has 1 atom stereocenters. The van der Waals surface area contributed by atoms with E-state index < -0.39 is 18.7 Å². The van der Waals surface area contributed by atoms with Crippen LogP contribution in [0.3, 0.4) is 0 Å². The van der Waals surface area contributed by atoms with Gasteiger partial charge in [-0.15, -0.1) is 0 Å². The molecule has 13 heteroatoms. The summed E-state index contributed by atoms with van der Waals surface area (Å²) in [5, 5.41) is 45.6. The second-order valence-electron chi connectivity index (χ2n) is 7.51. The molecule has 33 heavy (non-hydrogen) atoms. The third-order valence-corrected chi connectivity index (χ3v) is 6.92. The Morgan fingerprint density at radius 1 is 1.39 bits per heavy atom. The van der Waals surface area contributed by atoms with Crippen LogP contribution in [0.2, 0.25) is 5.02 Å². The minimum atomic E-state index is -1.37. The van der Waals surface area contributed by atoms with Crippen molar-refractivity contribution in [1.82, 2.24) is 14.7 Å². The number of nitrogens with one attached hydrogen (secondary N) is 4. The van der Waals surface area contributed by atoms with E-state index in [2.05, 4.69) is 25.3 Å². The van der Waals surface area contributed by atoms with Crippen LogP contribution in [0.25, 0.3) is 0 Å². The van der Waals surface area contributed by atoms with E-state index in [1.54, 1.807) is 0 Å². The number of aliphatic hydroxyl groups is 2. The van der Waals surface area contributed by atoms with Crippen LogP contribution >= 0.6 is 34.5 Å².